The Hall–Kier alpha value is 0.200. The molecule has 1 aromatic rings. The Kier molecular flexibility index (Phi) is 6.74. The largest absolute Gasteiger partial charge is 0.324 e. The van der Waals surface area contributed by atoms with E-state index < -0.39 is 0 Å². The first-order valence-electron chi connectivity index (χ1n) is 4.60. The molecule has 0 saturated heterocycles. The molecule has 0 aliphatic rings. The lowest BCUT2D eigenvalue weighted by atomic mass is 9.98. The van der Waals surface area contributed by atoms with Crippen molar-refractivity contribution < 1.29 is 0 Å². The van der Waals surface area contributed by atoms with Crippen molar-refractivity contribution in [2.24, 2.45) is 11.7 Å². The number of benzene rings is 1. The van der Waals surface area contributed by atoms with Crippen LogP contribution in [0.2, 0.25) is 0 Å². The fourth-order valence-electron chi connectivity index (χ4n) is 1.35. The van der Waals surface area contributed by atoms with Crippen LogP contribution in [0.1, 0.15) is 31.9 Å². The van der Waals surface area contributed by atoms with E-state index in [1.807, 2.05) is 0 Å². The summed E-state index contributed by atoms with van der Waals surface area (Å²) in [7, 11) is 0. The lowest BCUT2D eigenvalue weighted by molar-refractivity contribution is 0.510. The third kappa shape index (κ3) is 4.62. The van der Waals surface area contributed by atoms with E-state index in [-0.39, 0.29) is 18.4 Å². The van der Waals surface area contributed by atoms with E-state index in [0.29, 0.717) is 5.92 Å². The van der Waals surface area contributed by atoms with Crippen LogP contribution in [-0.4, -0.2) is 0 Å². The lowest BCUT2D eigenvalue weighted by Crippen LogP contribution is -2.12. The van der Waals surface area contributed by atoms with Gasteiger partial charge in [0.05, 0.1) is 0 Å². The Balaban J connectivity index is 0.00000169. The zero-order valence-corrected chi connectivity index (χ0v) is 11.5. The van der Waals surface area contributed by atoms with Crippen molar-refractivity contribution in [3.05, 3.63) is 33.4 Å². The summed E-state index contributed by atoms with van der Waals surface area (Å²) < 4.78 is 1.26. The van der Waals surface area contributed by atoms with Crippen LogP contribution >= 0.6 is 35.0 Å². The summed E-state index contributed by atoms with van der Waals surface area (Å²) in [5.41, 5.74) is 7.29. The SMILES string of the molecule is CC(C)C[C@H](N)c1ccc(I)cc1.Cl. The second-order valence-corrected chi connectivity index (χ2v) is 5.03. The molecular weight excluding hydrogens is 308 g/mol. The highest BCUT2D eigenvalue weighted by Crippen LogP contribution is 2.19. The number of nitrogens with two attached hydrogens (primary N) is 1. The van der Waals surface area contributed by atoms with Gasteiger partial charge in [0.25, 0.3) is 0 Å². The molecule has 0 aromatic heterocycles. The van der Waals surface area contributed by atoms with Crippen molar-refractivity contribution in [2.45, 2.75) is 26.3 Å². The first kappa shape index (κ1) is 14.2. The highest BCUT2D eigenvalue weighted by atomic mass is 127. The van der Waals surface area contributed by atoms with Gasteiger partial charge < -0.3 is 5.73 Å². The van der Waals surface area contributed by atoms with E-state index in [2.05, 4.69) is 60.7 Å². The minimum absolute atomic E-state index is 0. The van der Waals surface area contributed by atoms with Gasteiger partial charge in [0.2, 0.25) is 0 Å². The van der Waals surface area contributed by atoms with Gasteiger partial charge in [-0.25, -0.2) is 0 Å². The van der Waals surface area contributed by atoms with Crippen molar-refractivity contribution in [3.63, 3.8) is 0 Å². The van der Waals surface area contributed by atoms with Crippen LogP contribution in [-0.2, 0) is 0 Å². The quantitative estimate of drug-likeness (QED) is 0.841. The van der Waals surface area contributed by atoms with Crippen molar-refractivity contribution in [2.75, 3.05) is 0 Å². The van der Waals surface area contributed by atoms with Crippen LogP contribution < -0.4 is 5.73 Å². The van der Waals surface area contributed by atoms with Gasteiger partial charge in [-0.2, -0.15) is 0 Å². The molecule has 0 heterocycles. The average molecular weight is 326 g/mol. The standard InChI is InChI=1S/C11H16IN.ClH/c1-8(2)7-11(13)9-3-5-10(12)6-4-9;/h3-6,8,11H,7,13H2,1-2H3;1H/t11-;/m0./s1. The third-order valence-electron chi connectivity index (χ3n) is 2.02. The molecule has 0 bridgehead atoms. The molecule has 0 saturated carbocycles. The maximum atomic E-state index is 6.04. The van der Waals surface area contributed by atoms with Gasteiger partial charge in [-0.3, -0.25) is 0 Å². The van der Waals surface area contributed by atoms with Crippen molar-refractivity contribution in [1.82, 2.24) is 0 Å². The van der Waals surface area contributed by atoms with Crippen LogP contribution in [0.5, 0.6) is 0 Å². The fraction of sp³-hybridized carbons (Fsp3) is 0.455. The molecule has 0 fully saturated rings. The molecule has 2 N–H and O–H groups in total. The van der Waals surface area contributed by atoms with Gasteiger partial charge in [0.15, 0.2) is 0 Å². The zero-order valence-electron chi connectivity index (χ0n) is 8.53. The predicted molar refractivity (Wildman–Crippen MR) is 72.8 cm³/mol. The molecule has 0 spiro atoms. The Bertz CT molecular complexity index is 258. The number of halogens is 2. The maximum absolute atomic E-state index is 6.04. The Morgan fingerprint density at radius 3 is 2.14 bits per heavy atom. The van der Waals surface area contributed by atoms with Crippen LogP contribution in [0.3, 0.4) is 0 Å². The summed E-state index contributed by atoms with van der Waals surface area (Å²) in [6, 6.07) is 8.65. The minimum Gasteiger partial charge on any atom is -0.324 e. The normalized spacial score (nSPS) is 12.4. The lowest BCUT2D eigenvalue weighted by Gasteiger charge is -2.14. The number of rotatable bonds is 3. The first-order chi connectivity index (χ1) is 6.09. The smallest absolute Gasteiger partial charge is 0.0297 e. The highest BCUT2D eigenvalue weighted by Gasteiger charge is 2.07. The summed E-state index contributed by atoms with van der Waals surface area (Å²) in [6.07, 6.45) is 1.06. The summed E-state index contributed by atoms with van der Waals surface area (Å²) in [5, 5.41) is 0. The van der Waals surface area contributed by atoms with Gasteiger partial charge in [-0.05, 0) is 52.6 Å². The molecule has 0 amide bonds. The topological polar surface area (TPSA) is 26.0 Å². The second kappa shape index (κ2) is 6.64. The molecule has 3 heteroatoms. The van der Waals surface area contributed by atoms with Crippen LogP contribution in [0.15, 0.2) is 24.3 Å². The second-order valence-electron chi connectivity index (χ2n) is 3.79. The van der Waals surface area contributed by atoms with Crippen LogP contribution in [0.4, 0.5) is 0 Å². The highest BCUT2D eigenvalue weighted by molar-refractivity contribution is 14.1. The average Bonchev–Trinajstić information content (AvgIpc) is 2.04. The van der Waals surface area contributed by atoms with E-state index in [1.165, 1.54) is 9.13 Å². The molecule has 0 aliphatic heterocycles. The predicted octanol–water partition coefficient (Wildman–Crippen LogP) is 3.76. The minimum atomic E-state index is 0. The molecule has 1 aromatic carbocycles. The van der Waals surface area contributed by atoms with Gasteiger partial charge in [-0.15, -0.1) is 12.4 Å². The molecule has 0 aliphatic carbocycles. The fourth-order valence-corrected chi connectivity index (χ4v) is 1.71. The van der Waals surface area contributed by atoms with Gasteiger partial charge in [-0.1, -0.05) is 26.0 Å². The molecular formula is C11H17ClIN. The maximum Gasteiger partial charge on any atom is 0.0297 e. The third-order valence-corrected chi connectivity index (χ3v) is 2.74. The van der Waals surface area contributed by atoms with Crippen molar-refractivity contribution >= 4 is 35.0 Å². The van der Waals surface area contributed by atoms with Crippen molar-refractivity contribution in [3.8, 4) is 0 Å². The summed E-state index contributed by atoms with van der Waals surface area (Å²) >= 11 is 2.30. The van der Waals surface area contributed by atoms with Gasteiger partial charge >= 0.3 is 0 Å². The Morgan fingerprint density at radius 2 is 1.71 bits per heavy atom. The number of hydrogen-bond donors (Lipinski definition) is 1. The summed E-state index contributed by atoms with van der Waals surface area (Å²) in [4.78, 5) is 0. The Labute approximate surface area is 106 Å². The molecule has 14 heavy (non-hydrogen) atoms. The van der Waals surface area contributed by atoms with Crippen LogP contribution in [0.25, 0.3) is 0 Å². The van der Waals surface area contributed by atoms with E-state index in [9.17, 15) is 0 Å². The summed E-state index contributed by atoms with van der Waals surface area (Å²) in [6.45, 7) is 4.40. The molecule has 80 valence electrons. The van der Waals surface area contributed by atoms with E-state index in [1.54, 1.807) is 0 Å². The zero-order chi connectivity index (χ0) is 9.84. The van der Waals surface area contributed by atoms with Crippen molar-refractivity contribution in [1.29, 1.82) is 0 Å². The van der Waals surface area contributed by atoms with E-state index in [0.717, 1.165) is 6.42 Å². The monoisotopic (exact) mass is 325 g/mol. The number of hydrogen-bond acceptors (Lipinski definition) is 1. The molecule has 1 atom stereocenters. The molecule has 0 radical (unpaired) electrons. The molecule has 0 unspecified atom stereocenters. The Morgan fingerprint density at radius 1 is 1.21 bits per heavy atom. The molecule has 1 rings (SSSR count). The summed E-state index contributed by atoms with van der Waals surface area (Å²) in [5.74, 6) is 0.661. The van der Waals surface area contributed by atoms with Gasteiger partial charge in [0, 0.05) is 9.61 Å². The van der Waals surface area contributed by atoms with Crippen LogP contribution in [0, 0.1) is 9.49 Å². The van der Waals surface area contributed by atoms with E-state index in [4.69, 9.17) is 5.73 Å². The molecule has 1 nitrogen and oxygen atoms in total. The first-order valence-corrected chi connectivity index (χ1v) is 5.68. The van der Waals surface area contributed by atoms with E-state index >= 15 is 0 Å². The van der Waals surface area contributed by atoms with Gasteiger partial charge in [0.1, 0.15) is 0 Å².